The van der Waals surface area contributed by atoms with E-state index in [0.29, 0.717) is 10.0 Å². The number of thiazole rings is 1. The molecule has 0 spiro atoms. The molecule has 2 rings (SSSR count). The van der Waals surface area contributed by atoms with Crippen molar-refractivity contribution in [1.82, 2.24) is 10.3 Å². The van der Waals surface area contributed by atoms with Crippen molar-refractivity contribution in [2.24, 2.45) is 0 Å². The molecule has 0 aliphatic carbocycles. The summed E-state index contributed by atoms with van der Waals surface area (Å²) in [6.45, 7) is 1.75. The SMILES string of the molecule is CC(NC(=O)/C=C/c1ccc(Cl)cc1)c1ncc(C(=O)O)s1. The second-order valence-corrected chi connectivity index (χ2v) is 5.98. The van der Waals surface area contributed by atoms with Crippen LogP contribution in [0.3, 0.4) is 0 Å². The molecule has 1 heterocycles. The molecule has 22 heavy (non-hydrogen) atoms. The number of aromatic carboxylic acids is 1. The average Bonchev–Trinajstić information content (AvgIpc) is 2.97. The fourth-order valence-corrected chi connectivity index (χ4v) is 2.54. The predicted molar refractivity (Wildman–Crippen MR) is 86.1 cm³/mol. The maximum atomic E-state index is 11.8. The van der Waals surface area contributed by atoms with E-state index < -0.39 is 5.97 Å². The summed E-state index contributed by atoms with van der Waals surface area (Å²) in [6.07, 6.45) is 4.36. The monoisotopic (exact) mass is 336 g/mol. The van der Waals surface area contributed by atoms with E-state index in [1.165, 1.54) is 12.3 Å². The van der Waals surface area contributed by atoms with E-state index in [1.54, 1.807) is 37.3 Å². The summed E-state index contributed by atoms with van der Waals surface area (Å²) in [5.74, 6) is -1.31. The lowest BCUT2D eigenvalue weighted by molar-refractivity contribution is -0.117. The van der Waals surface area contributed by atoms with Crippen LogP contribution in [-0.2, 0) is 4.79 Å². The molecule has 2 N–H and O–H groups in total. The van der Waals surface area contributed by atoms with Crippen LogP contribution in [0.4, 0.5) is 0 Å². The van der Waals surface area contributed by atoms with E-state index in [-0.39, 0.29) is 16.8 Å². The van der Waals surface area contributed by atoms with Gasteiger partial charge < -0.3 is 10.4 Å². The number of nitrogens with zero attached hydrogens (tertiary/aromatic N) is 1. The van der Waals surface area contributed by atoms with Gasteiger partial charge in [-0.05, 0) is 30.7 Å². The van der Waals surface area contributed by atoms with E-state index in [1.807, 2.05) is 0 Å². The van der Waals surface area contributed by atoms with Gasteiger partial charge in [0, 0.05) is 11.1 Å². The van der Waals surface area contributed by atoms with Crippen LogP contribution >= 0.6 is 22.9 Å². The van der Waals surface area contributed by atoms with Gasteiger partial charge >= 0.3 is 5.97 Å². The molecule has 7 heteroatoms. The maximum absolute atomic E-state index is 11.8. The summed E-state index contributed by atoms with van der Waals surface area (Å²) in [5.41, 5.74) is 0.856. The van der Waals surface area contributed by atoms with Crippen LogP contribution in [0.1, 0.15) is 33.2 Å². The second-order valence-electron chi connectivity index (χ2n) is 4.48. The van der Waals surface area contributed by atoms with E-state index in [0.717, 1.165) is 16.9 Å². The molecule has 0 radical (unpaired) electrons. The highest BCUT2D eigenvalue weighted by molar-refractivity contribution is 7.13. The standard InChI is InChI=1S/C15H13ClN2O3S/c1-9(14-17-8-12(22-14)15(20)21)18-13(19)7-4-10-2-5-11(16)6-3-10/h2-9H,1H3,(H,18,19)(H,20,21)/b7-4+. The quantitative estimate of drug-likeness (QED) is 0.820. The number of carbonyl (C=O) groups is 2. The number of rotatable bonds is 5. The first-order chi connectivity index (χ1) is 10.5. The molecule has 114 valence electrons. The number of nitrogens with one attached hydrogen (secondary N) is 1. The normalized spacial score (nSPS) is 12.3. The fourth-order valence-electron chi connectivity index (χ4n) is 1.66. The van der Waals surface area contributed by atoms with Gasteiger partial charge in [0.25, 0.3) is 0 Å². The molecular formula is C15H13ClN2O3S. The number of carboxylic acids is 1. The van der Waals surface area contributed by atoms with Gasteiger partial charge in [0.1, 0.15) is 9.88 Å². The number of halogens is 1. The van der Waals surface area contributed by atoms with Crippen molar-refractivity contribution in [3.05, 3.63) is 57.0 Å². The first kappa shape index (κ1) is 16.2. The molecule has 2 aromatic rings. The van der Waals surface area contributed by atoms with Crippen LogP contribution in [-0.4, -0.2) is 22.0 Å². The Morgan fingerprint density at radius 1 is 1.36 bits per heavy atom. The molecule has 1 aromatic heterocycles. The lowest BCUT2D eigenvalue weighted by atomic mass is 10.2. The third kappa shape index (κ3) is 4.41. The van der Waals surface area contributed by atoms with Crippen molar-refractivity contribution in [2.45, 2.75) is 13.0 Å². The molecule has 0 fully saturated rings. The second kappa shape index (κ2) is 7.20. The summed E-state index contributed by atoms with van der Waals surface area (Å²) < 4.78 is 0. The highest BCUT2D eigenvalue weighted by Gasteiger charge is 2.14. The van der Waals surface area contributed by atoms with Crippen molar-refractivity contribution in [3.63, 3.8) is 0 Å². The summed E-state index contributed by atoms with van der Waals surface area (Å²) in [4.78, 5) is 26.8. The molecule has 0 aliphatic heterocycles. The highest BCUT2D eigenvalue weighted by Crippen LogP contribution is 2.19. The molecule has 1 amide bonds. The van der Waals surface area contributed by atoms with Crippen LogP contribution in [0.5, 0.6) is 0 Å². The van der Waals surface area contributed by atoms with Crippen molar-refractivity contribution in [3.8, 4) is 0 Å². The number of carboxylic acid groups (broad SMARTS) is 1. The number of carbonyl (C=O) groups excluding carboxylic acids is 1. The molecule has 0 saturated carbocycles. The Labute approximate surface area is 136 Å². The third-order valence-corrected chi connectivity index (χ3v) is 4.18. The highest BCUT2D eigenvalue weighted by atomic mass is 35.5. The number of hydrogen-bond acceptors (Lipinski definition) is 4. The molecular weight excluding hydrogens is 324 g/mol. The van der Waals surface area contributed by atoms with E-state index in [9.17, 15) is 9.59 Å². The van der Waals surface area contributed by atoms with Gasteiger partial charge in [-0.3, -0.25) is 4.79 Å². The van der Waals surface area contributed by atoms with Gasteiger partial charge in [-0.15, -0.1) is 11.3 Å². The molecule has 1 atom stereocenters. The smallest absolute Gasteiger partial charge is 0.347 e. The average molecular weight is 337 g/mol. The fraction of sp³-hybridized carbons (Fsp3) is 0.133. The molecule has 0 bridgehead atoms. The summed E-state index contributed by atoms with van der Waals surface area (Å²) in [7, 11) is 0. The van der Waals surface area contributed by atoms with Crippen molar-refractivity contribution in [2.75, 3.05) is 0 Å². The molecule has 1 unspecified atom stereocenters. The van der Waals surface area contributed by atoms with Gasteiger partial charge in [-0.25, -0.2) is 9.78 Å². The largest absolute Gasteiger partial charge is 0.477 e. The third-order valence-electron chi connectivity index (χ3n) is 2.76. The minimum atomic E-state index is -1.02. The summed E-state index contributed by atoms with van der Waals surface area (Å²) in [5, 5.41) is 12.8. The number of benzene rings is 1. The van der Waals surface area contributed by atoms with Gasteiger partial charge in [0.05, 0.1) is 12.2 Å². The van der Waals surface area contributed by atoms with E-state index in [4.69, 9.17) is 16.7 Å². The predicted octanol–water partition coefficient (Wildman–Crippen LogP) is 3.39. The Bertz CT molecular complexity index is 710. The lowest BCUT2D eigenvalue weighted by Gasteiger charge is -2.08. The first-order valence-electron chi connectivity index (χ1n) is 6.39. The van der Waals surface area contributed by atoms with Crippen molar-refractivity contribution in [1.29, 1.82) is 0 Å². The zero-order chi connectivity index (χ0) is 16.1. The van der Waals surface area contributed by atoms with E-state index in [2.05, 4.69) is 10.3 Å². The zero-order valence-corrected chi connectivity index (χ0v) is 13.2. The minimum Gasteiger partial charge on any atom is -0.477 e. The summed E-state index contributed by atoms with van der Waals surface area (Å²) in [6, 6.07) is 6.72. The van der Waals surface area contributed by atoms with E-state index >= 15 is 0 Å². The molecule has 5 nitrogen and oxygen atoms in total. The van der Waals surface area contributed by atoms with Crippen LogP contribution < -0.4 is 5.32 Å². The zero-order valence-electron chi connectivity index (χ0n) is 11.6. The number of aromatic nitrogens is 1. The van der Waals surface area contributed by atoms with Crippen LogP contribution in [0.2, 0.25) is 5.02 Å². The van der Waals surface area contributed by atoms with Crippen molar-refractivity contribution >= 4 is 40.9 Å². The van der Waals surface area contributed by atoms with Gasteiger partial charge in [-0.1, -0.05) is 23.7 Å². The molecule has 0 aliphatic rings. The van der Waals surface area contributed by atoms with Crippen LogP contribution in [0.15, 0.2) is 36.5 Å². The van der Waals surface area contributed by atoms with Crippen LogP contribution in [0, 0.1) is 0 Å². The van der Waals surface area contributed by atoms with Gasteiger partial charge in [0.15, 0.2) is 0 Å². The van der Waals surface area contributed by atoms with Gasteiger partial charge in [0.2, 0.25) is 5.91 Å². The number of amides is 1. The Morgan fingerprint density at radius 2 is 2.05 bits per heavy atom. The summed E-state index contributed by atoms with van der Waals surface area (Å²) >= 11 is 6.83. The number of hydrogen-bond donors (Lipinski definition) is 2. The molecule has 0 saturated heterocycles. The van der Waals surface area contributed by atoms with Gasteiger partial charge in [-0.2, -0.15) is 0 Å². The lowest BCUT2D eigenvalue weighted by Crippen LogP contribution is -2.24. The Kier molecular flexibility index (Phi) is 5.30. The van der Waals surface area contributed by atoms with Crippen LogP contribution in [0.25, 0.3) is 6.08 Å². The minimum absolute atomic E-state index is 0.146. The first-order valence-corrected chi connectivity index (χ1v) is 7.58. The topological polar surface area (TPSA) is 79.3 Å². The molecule has 1 aromatic carbocycles. The van der Waals surface area contributed by atoms with Crippen molar-refractivity contribution < 1.29 is 14.7 Å². The Balaban J connectivity index is 1.95. The Morgan fingerprint density at radius 3 is 2.64 bits per heavy atom. The maximum Gasteiger partial charge on any atom is 0.347 e. The Hall–Kier alpha value is -2.18.